The van der Waals surface area contributed by atoms with E-state index in [4.69, 9.17) is 11.6 Å². The van der Waals surface area contributed by atoms with E-state index in [1.807, 2.05) is 30.3 Å². The van der Waals surface area contributed by atoms with E-state index in [1.54, 1.807) is 24.3 Å². The third-order valence-corrected chi connectivity index (χ3v) is 5.89. The Labute approximate surface area is 183 Å². The van der Waals surface area contributed by atoms with Gasteiger partial charge in [0.05, 0.1) is 0 Å². The van der Waals surface area contributed by atoms with Crippen LogP contribution in [0.5, 0.6) is 0 Å². The number of rotatable bonds is 8. The molecule has 7 heteroatoms. The van der Waals surface area contributed by atoms with E-state index < -0.39 is 0 Å². The standard InChI is InChI=1S/C23H29ClN4O2/c1-27(22(29)9-14-26-23(30)18-5-7-19(24)8-6-18)21-11-16-28(17-12-21)15-10-20-4-2-3-13-25-20/h2-8,13,21H,9-12,14-17H2,1H3,(H,26,30). The Balaban J connectivity index is 1.35. The van der Waals surface area contributed by atoms with Gasteiger partial charge in [-0.05, 0) is 49.2 Å². The lowest BCUT2D eigenvalue weighted by Crippen LogP contribution is -2.46. The molecule has 1 aromatic carbocycles. The van der Waals surface area contributed by atoms with Crippen molar-refractivity contribution in [2.45, 2.75) is 31.7 Å². The van der Waals surface area contributed by atoms with Crippen molar-refractivity contribution in [2.75, 3.05) is 33.2 Å². The van der Waals surface area contributed by atoms with Crippen molar-refractivity contribution in [3.05, 3.63) is 64.9 Å². The highest BCUT2D eigenvalue weighted by Crippen LogP contribution is 2.16. The second-order valence-corrected chi connectivity index (χ2v) is 8.10. The smallest absolute Gasteiger partial charge is 0.251 e. The summed E-state index contributed by atoms with van der Waals surface area (Å²) in [5.74, 6) is -0.123. The van der Waals surface area contributed by atoms with Gasteiger partial charge in [-0.2, -0.15) is 0 Å². The summed E-state index contributed by atoms with van der Waals surface area (Å²) in [5.41, 5.74) is 1.66. The predicted octanol–water partition coefficient (Wildman–Crippen LogP) is 3.02. The normalized spacial score (nSPS) is 15.0. The zero-order valence-electron chi connectivity index (χ0n) is 17.4. The van der Waals surface area contributed by atoms with Crippen molar-refractivity contribution in [3.63, 3.8) is 0 Å². The van der Waals surface area contributed by atoms with Crippen LogP contribution in [-0.2, 0) is 11.2 Å². The SMILES string of the molecule is CN(C(=O)CCNC(=O)c1ccc(Cl)cc1)C1CCN(CCc2ccccn2)CC1. The second-order valence-electron chi connectivity index (χ2n) is 7.66. The Bertz CT molecular complexity index is 821. The number of pyridine rings is 1. The van der Waals surface area contributed by atoms with E-state index in [0.717, 1.165) is 44.6 Å². The van der Waals surface area contributed by atoms with Gasteiger partial charge in [-0.3, -0.25) is 14.6 Å². The van der Waals surface area contributed by atoms with Crippen molar-refractivity contribution in [2.24, 2.45) is 0 Å². The molecule has 2 heterocycles. The third-order valence-electron chi connectivity index (χ3n) is 5.64. The molecule has 0 radical (unpaired) electrons. The molecule has 160 valence electrons. The van der Waals surface area contributed by atoms with Gasteiger partial charge in [0, 0.05) is 74.6 Å². The molecule has 2 amide bonds. The Morgan fingerprint density at radius 1 is 1.17 bits per heavy atom. The molecule has 0 saturated carbocycles. The highest BCUT2D eigenvalue weighted by molar-refractivity contribution is 6.30. The summed E-state index contributed by atoms with van der Waals surface area (Å²) in [4.78, 5) is 33.3. The first-order valence-corrected chi connectivity index (χ1v) is 10.8. The number of piperidine rings is 1. The van der Waals surface area contributed by atoms with Crippen LogP contribution in [0.15, 0.2) is 48.7 Å². The molecule has 1 saturated heterocycles. The molecule has 0 bridgehead atoms. The maximum Gasteiger partial charge on any atom is 0.251 e. The van der Waals surface area contributed by atoms with Gasteiger partial charge in [0.25, 0.3) is 5.91 Å². The number of amides is 2. The molecular formula is C23H29ClN4O2. The Morgan fingerprint density at radius 3 is 2.57 bits per heavy atom. The van der Waals surface area contributed by atoms with Crippen LogP contribution in [0.1, 0.15) is 35.3 Å². The van der Waals surface area contributed by atoms with Crippen LogP contribution in [0.4, 0.5) is 0 Å². The molecule has 1 N–H and O–H groups in total. The number of carbonyl (C=O) groups excluding carboxylic acids is 2. The van der Waals surface area contributed by atoms with Gasteiger partial charge < -0.3 is 15.1 Å². The molecule has 0 unspecified atom stereocenters. The number of halogens is 1. The number of benzene rings is 1. The fraction of sp³-hybridized carbons (Fsp3) is 0.435. The first-order chi connectivity index (χ1) is 14.5. The van der Waals surface area contributed by atoms with Crippen molar-refractivity contribution < 1.29 is 9.59 Å². The lowest BCUT2D eigenvalue weighted by molar-refractivity contribution is -0.132. The molecular weight excluding hydrogens is 400 g/mol. The lowest BCUT2D eigenvalue weighted by Gasteiger charge is -2.36. The van der Waals surface area contributed by atoms with Crippen LogP contribution in [0, 0.1) is 0 Å². The molecule has 0 spiro atoms. The largest absolute Gasteiger partial charge is 0.352 e. The van der Waals surface area contributed by atoms with Crippen LogP contribution in [0.25, 0.3) is 0 Å². The van der Waals surface area contributed by atoms with E-state index in [9.17, 15) is 9.59 Å². The maximum absolute atomic E-state index is 12.5. The Morgan fingerprint density at radius 2 is 1.90 bits per heavy atom. The van der Waals surface area contributed by atoms with Gasteiger partial charge in [-0.1, -0.05) is 17.7 Å². The van der Waals surface area contributed by atoms with Gasteiger partial charge in [-0.15, -0.1) is 0 Å². The van der Waals surface area contributed by atoms with Gasteiger partial charge in [0.2, 0.25) is 5.91 Å². The molecule has 0 atom stereocenters. The number of nitrogens with zero attached hydrogens (tertiary/aromatic N) is 3. The van der Waals surface area contributed by atoms with Crippen molar-refractivity contribution in [1.29, 1.82) is 0 Å². The van der Waals surface area contributed by atoms with E-state index in [1.165, 1.54) is 0 Å². The van der Waals surface area contributed by atoms with Gasteiger partial charge in [0.15, 0.2) is 0 Å². The first-order valence-electron chi connectivity index (χ1n) is 10.4. The van der Waals surface area contributed by atoms with Crippen LogP contribution in [-0.4, -0.2) is 65.9 Å². The van der Waals surface area contributed by atoms with Crippen LogP contribution in [0.3, 0.4) is 0 Å². The molecule has 6 nitrogen and oxygen atoms in total. The zero-order chi connectivity index (χ0) is 21.3. The number of nitrogens with one attached hydrogen (secondary N) is 1. The van der Waals surface area contributed by atoms with E-state index in [2.05, 4.69) is 21.3 Å². The summed E-state index contributed by atoms with van der Waals surface area (Å²) in [7, 11) is 1.87. The Kier molecular flexibility index (Phi) is 8.22. The summed E-state index contributed by atoms with van der Waals surface area (Å²) in [6.45, 7) is 3.30. The monoisotopic (exact) mass is 428 g/mol. The Hall–Kier alpha value is -2.44. The summed E-state index contributed by atoms with van der Waals surface area (Å²) in [6, 6.07) is 13.0. The quantitative estimate of drug-likeness (QED) is 0.701. The third kappa shape index (κ3) is 6.54. The highest BCUT2D eigenvalue weighted by Gasteiger charge is 2.25. The van der Waals surface area contributed by atoms with Crippen LogP contribution >= 0.6 is 11.6 Å². The number of aromatic nitrogens is 1. The minimum Gasteiger partial charge on any atom is -0.352 e. The summed E-state index contributed by atoms with van der Waals surface area (Å²) >= 11 is 5.84. The van der Waals surface area contributed by atoms with Gasteiger partial charge in [0.1, 0.15) is 0 Å². The molecule has 3 rings (SSSR count). The molecule has 2 aromatic rings. The number of carbonyl (C=O) groups is 2. The highest BCUT2D eigenvalue weighted by atomic mass is 35.5. The van der Waals surface area contributed by atoms with E-state index in [0.29, 0.717) is 23.6 Å². The second kappa shape index (κ2) is 11.1. The summed E-state index contributed by atoms with van der Waals surface area (Å²) in [5, 5.41) is 3.39. The molecule has 1 fully saturated rings. The lowest BCUT2D eigenvalue weighted by atomic mass is 10.0. The zero-order valence-corrected chi connectivity index (χ0v) is 18.1. The predicted molar refractivity (Wildman–Crippen MR) is 119 cm³/mol. The fourth-order valence-electron chi connectivity index (χ4n) is 3.72. The average molecular weight is 429 g/mol. The molecule has 0 aliphatic carbocycles. The van der Waals surface area contributed by atoms with Crippen LogP contribution in [0.2, 0.25) is 5.02 Å². The maximum atomic E-state index is 12.5. The fourth-order valence-corrected chi connectivity index (χ4v) is 3.84. The van der Waals surface area contributed by atoms with Crippen molar-refractivity contribution in [3.8, 4) is 0 Å². The number of hydrogen-bond acceptors (Lipinski definition) is 4. The summed E-state index contributed by atoms with van der Waals surface area (Å²) < 4.78 is 0. The molecule has 1 aliphatic rings. The van der Waals surface area contributed by atoms with Gasteiger partial charge in [-0.25, -0.2) is 0 Å². The van der Waals surface area contributed by atoms with Gasteiger partial charge >= 0.3 is 0 Å². The molecule has 1 aliphatic heterocycles. The number of hydrogen-bond donors (Lipinski definition) is 1. The minimum absolute atomic E-state index is 0.0679. The molecule has 1 aromatic heterocycles. The van der Waals surface area contributed by atoms with Crippen LogP contribution < -0.4 is 5.32 Å². The average Bonchev–Trinajstić information content (AvgIpc) is 2.78. The van der Waals surface area contributed by atoms with Crippen molar-refractivity contribution >= 4 is 23.4 Å². The molecule has 30 heavy (non-hydrogen) atoms. The first kappa shape index (κ1) is 22.2. The minimum atomic E-state index is -0.191. The number of likely N-dealkylation sites (tertiary alicyclic amines) is 1. The topological polar surface area (TPSA) is 65.5 Å². The van der Waals surface area contributed by atoms with E-state index >= 15 is 0 Å². The summed E-state index contributed by atoms with van der Waals surface area (Å²) in [6.07, 6.45) is 5.03. The van der Waals surface area contributed by atoms with Crippen molar-refractivity contribution in [1.82, 2.24) is 20.1 Å². The van der Waals surface area contributed by atoms with E-state index in [-0.39, 0.29) is 17.9 Å².